The highest BCUT2D eigenvalue weighted by Gasteiger charge is 2.46. The normalized spacial score (nSPS) is 18.8. The van der Waals surface area contributed by atoms with Gasteiger partial charge in [0.1, 0.15) is 17.6 Å². The predicted molar refractivity (Wildman–Crippen MR) is 139 cm³/mol. The van der Waals surface area contributed by atoms with Crippen LogP contribution in [0.25, 0.3) is 0 Å². The Hall–Kier alpha value is -2.73. The van der Waals surface area contributed by atoms with Gasteiger partial charge in [0.2, 0.25) is 5.91 Å². The first-order chi connectivity index (χ1) is 18.2. The van der Waals surface area contributed by atoms with Crippen molar-refractivity contribution in [1.82, 2.24) is 4.90 Å². The van der Waals surface area contributed by atoms with Crippen molar-refractivity contribution in [1.29, 1.82) is 0 Å². The van der Waals surface area contributed by atoms with Gasteiger partial charge in [-0.15, -0.1) is 0 Å². The first-order valence-electron chi connectivity index (χ1n) is 12.5. The molecule has 38 heavy (non-hydrogen) atoms. The number of carbonyl (C=O) groups is 3. The number of esters is 1. The Morgan fingerprint density at radius 3 is 2.47 bits per heavy atom. The molecule has 10 nitrogen and oxygen atoms in total. The molecule has 11 heteroatoms. The van der Waals surface area contributed by atoms with Crippen molar-refractivity contribution in [3.8, 4) is 0 Å². The summed E-state index contributed by atoms with van der Waals surface area (Å²) < 4.78 is 28.4. The molecule has 3 rings (SSSR count). The van der Waals surface area contributed by atoms with Crippen LogP contribution in [-0.4, -0.2) is 67.1 Å². The molecule has 0 radical (unpaired) electrons. The Morgan fingerprint density at radius 1 is 1.13 bits per heavy atom. The van der Waals surface area contributed by atoms with Gasteiger partial charge in [-0.3, -0.25) is 9.59 Å². The number of halogens is 1. The van der Waals surface area contributed by atoms with Crippen molar-refractivity contribution in [3.05, 3.63) is 58.0 Å². The van der Waals surface area contributed by atoms with Crippen LogP contribution in [0.3, 0.4) is 0 Å². The van der Waals surface area contributed by atoms with Crippen LogP contribution in [0.2, 0.25) is 0 Å². The van der Waals surface area contributed by atoms with E-state index in [2.05, 4.69) is 15.9 Å². The fourth-order valence-corrected chi connectivity index (χ4v) is 4.74. The zero-order valence-corrected chi connectivity index (χ0v) is 23.3. The number of aryl methyl sites for hydroxylation is 1. The number of imide groups is 1. The van der Waals surface area contributed by atoms with Crippen molar-refractivity contribution in [2.75, 3.05) is 33.0 Å². The summed E-state index contributed by atoms with van der Waals surface area (Å²) in [6.07, 6.45) is -1.17. The number of hydrogen-bond acceptors (Lipinski definition) is 9. The molecule has 0 aliphatic carbocycles. The van der Waals surface area contributed by atoms with Crippen molar-refractivity contribution >= 4 is 33.9 Å². The highest BCUT2D eigenvalue weighted by molar-refractivity contribution is 9.10. The number of hydrogen-bond donors (Lipinski definition) is 1. The number of nitrogens with zero attached hydrogens (tertiary/aromatic N) is 1. The third-order valence-electron chi connectivity index (χ3n) is 6.13. The van der Waals surface area contributed by atoms with Gasteiger partial charge in [0.05, 0.1) is 42.9 Å². The number of furan rings is 1. The zero-order chi connectivity index (χ0) is 27.7. The van der Waals surface area contributed by atoms with Crippen molar-refractivity contribution in [3.63, 3.8) is 0 Å². The summed E-state index contributed by atoms with van der Waals surface area (Å²) in [5.41, 5.74) is 0.786. The van der Waals surface area contributed by atoms with E-state index < -0.39 is 42.1 Å². The molecule has 1 aliphatic heterocycles. The third-order valence-corrected chi connectivity index (χ3v) is 6.80. The molecule has 4 unspecified atom stereocenters. The molecule has 1 aromatic carbocycles. The van der Waals surface area contributed by atoms with Gasteiger partial charge < -0.3 is 28.5 Å². The number of aliphatic hydroxyl groups excluding tert-OH is 1. The van der Waals surface area contributed by atoms with E-state index in [4.69, 9.17) is 28.5 Å². The van der Waals surface area contributed by atoms with Gasteiger partial charge in [0.25, 0.3) is 0 Å². The minimum atomic E-state index is -1.04. The number of aliphatic hydroxyl groups is 1. The smallest absolute Gasteiger partial charge is 0.417 e. The van der Waals surface area contributed by atoms with Gasteiger partial charge in [-0.2, -0.15) is 0 Å². The van der Waals surface area contributed by atoms with Crippen LogP contribution >= 0.6 is 15.9 Å². The highest BCUT2D eigenvalue weighted by Crippen LogP contribution is 2.37. The molecular formula is C27H34BrNO9. The van der Waals surface area contributed by atoms with Gasteiger partial charge in [-0.25, -0.2) is 9.69 Å². The van der Waals surface area contributed by atoms with Crippen LogP contribution in [0.15, 0.2) is 45.3 Å². The number of cyclic esters (lactones) is 1. The predicted octanol–water partition coefficient (Wildman–Crippen LogP) is 4.35. The highest BCUT2D eigenvalue weighted by atomic mass is 79.9. The monoisotopic (exact) mass is 595 g/mol. The first kappa shape index (κ1) is 29.8. The van der Waals surface area contributed by atoms with E-state index >= 15 is 0 Å². The summed E-state index contributed by atoms with van der Waals surface area (Å²) >= 11 is 3.48. The molecule has 1 N–H and O–H groups in total. The van der Waals surface area contributed by atoms with Gasteiger partial charge in [-0.05, 0) is 47.8 Å². The lowest BCUT2D eigenvalue weighted by Crippen LogP contribution is -2.43. The summed E-state index contributed by atoms with van der Waals surface area (Å²) in [4.78, 5) is 39.2. The maximum atomic E-state index is 13.5. The lowest BCUT2D eigenvalue weighted by Gasteiger charge is -2.26. The number of rotatable bonds is 14. The van der Waals surface area contributed by atoms with Gasteiger partial charge in [0, 0.05) is 20.0 Å². The number of benzene rings is 1. The molecule has 0 spiro atoms. The molecule has 0 saturated carbocycles. The quantitative estimate of drug-likeness (QED) is 0.250. The van der Waals surface area contributed by atoms with Crippen LogP contribution in [0, 0.1) is 5.92 Å². The van der Waals surface area contributed by atoms with Crippen molar-refractivity contribution in [2.24, 2.45) is 5.92 Å². The second-order valence-corrected chi connectivity index (χ2v) is 9.81. The molecule has 1 saturated heterocycles. The standard InChI is InChI=1S/C27H34BrNO9/c1-17(26(32)29-18(2)25(38-27(29)33)20-8-5-4-6-9-20)24(36-19(3)31)23-16-21(28)22(37-23)10-7-12-34-14-15-35-13-11-30/h4-6,8-9,16-18,24-25,30H,7,10-15H2,1-3H3. The van der Waals surface area contributed by atoms with Gasteiger partial charge in [-0.1, -0.05) is 30.3 Å². The van der Waals surface area contributed by atoms with Crippen LogP contribution in [-0.2, 0) is 35.0 Å². The lowest BCUT2D eigenvalue weighted by atomic mass is 9.98. The molecule has 208 valence electrons. The molecule has 1 fully saturated rings. The number of ether oxygens (including phenoxy) is 4. The minimum Gasteiger partial charge on any atom is -0.461 e. The second kappa shape index (κ2) is 14.4. The summed E-state index contributed by atoms with van der Waals surface area (Å²) in [6, 6.07) is 10.3. The molecule has 4 atom stereocenters. The maximum absolute atomic E-state index is 13.5. The van der Waals surface area contributed by atoms with Crippen molar-refractivity contribution in [2.45, 2.75) is 51.9 Å². The zero-order valence-electron chi connectivity index (χ0n) is 21.8. The number of amides is 2. The van der Waals surface area contributed by atoms with Crippen LogP contribution in [0.1, 0.15) is 56.5 Å². The Labute approximate surface area is 230 Å². The van der Waals surface area contributed by atoms with Gasteiger partial charge in [0.15, 0.2) is 6.10 Å². The summed E-state index contributed by atoms with van der Waals surface area (Å²) in [7, 11) is 0. The molecule has 0 bridgehead atoms. The summed E-state index contributed by atoms with van der Waals surface area (Å²) in [6.45, 7) is 6.14. The first-order valence-corrected chi connectivity index (χ1v) is 13.3. The van der Waals surface area contributed by atoms with Crippen LogP contribution in [0.4, 0.5) is 4.79 Å². The van der Waals surface area contributed by atoms with Crippen LogP contribution < -0.4 is 0 Å². The molecule has 2 heterocycles. The Morgan fingerprint density at radius 2 is 1.82 bits per heavy atom. The van der Waals surface area contributed by atoms with E-state index in [-0.39, 0.29) is 13.2 Å². The maximum Gasteiger partial charge on any atom is 0.417 e. The molecular weight excluding hydrogens is 562 g/mol. The average molecular weight is 596 g/mol. The van der Waals surface area contributed by atoms with E-state index in [1.165, 1.54) is 6.92 Å². The largest absolute Gasteiger partial charge is 0.461 e. The molecule has 1 aromatic heterocycles. The van der Waals surface area contributed by atoms with E-state index in [1.807, 2.05) is 30.3 Å². The van der Waals surface area contributed by atoms with Crippen LogP contribution in [0.5, 0.6) is 0 Å². The topological polar surface area (TPSA) is 125 Å². The molecule has 2 amide bonds. The Bertz CT molecular complexity index is 1070. The second-order valence-electron chi connectivity index (χ2n) is 8.95. The Balaban J connectivity index is 1.66. The SMILES string of the molecule is CC(=O)OC(c1cc(Br)c(CCCOCCOCCO)o1)C(C)C(=O)N1C(=O)OC(c2ccccc2)C1C. The van der Waals surface area contributed by atoms with E-state index in [0.717, 1.165) is 10.5 Å². The number of carbonyl (C=O) groups excluding carboxylic acids is 3. The van der Waals surface area contributed by atoms with Crippen molar-refractivity contribution < 1.29 is 42.9 Å². The van der Waals surface area contributed by atoms with E-state index in [0.29, 0.717) is 48.7 Å². The average Bonchev–Trinajstić information content (AvgIpc) is 3.41. The summed E-state index contributed by atoms with van der Waals surface area (Å²) in [5.74, 6) is -1.12. The van der Waals surface area contributed by atoms with Gasteiger partial charge >= 0.3 is 12.1 Å². The summed E-state index contributed by atoms with van der Waals surface area (Å²) in [5, 5.41) is 8.69. The van der Waals surface area contributed by atoms with E-state index in [1.54, 1.807) is 19.9 Å². The fourth-order valence-electron chi connectivity index (χ4n) is 4.24. The Kier molecular flexibility index (Phi) is 11.3. The fraction of sp³-hybridized carbons (Fsp3) is 0.519. The minimum absolute atomic E-state index is 0.0250. The third kappa shape index (κ3) is 7.66. The molecule has 1 aliphatic rings. The molecule has 2 aromatic rings. The van der Waals surface area contributed by atoms with E-state index in [9.17, 15) is 14.4 Å². The lowest BCUT2D eigenvalue weighted by molar-refractivity contribution is -0.154.